The van der Waals surface area contributed by atoms with Gasteiger partial charge in [0.25, 0.3) is 5.56 Å². The Labute approximate surface area is 299 Å². The maximum atomic E-state index is 14.8. The maximum absolute atomic E-state index is 14.8. The lowest BCUT2D eigenvalue weighted by Gasteiger charge is -2.22. The van der Waals surface area contributed by atoms with Crippen molar-refractivity contribution in [3.63, 3.8) is 0 Å². The van der Waals surface area contributed by atoms with E-state index in [1.807, 2.05) is 66.7 Å². The highest BCUT2D eigenvalue weighted by atomic mass is 16.2. The number of benzene rings is 7. The van der Waals surface area contributed by atoms with Crippen molar-refractivity contribution in [2.24, 2.45) is 0 Å². The molecule has 0 saturated carbocycles. The molecule has 0 spiro atoms. The Kier molecular flexibility index (Phi) is 6.46. The minimum absolute atomic E-state index is 0.270. The molecule has 7 aromatic carbocycles. The van der Waals surface area contributed by atoms with E-state index in [-0.39, 0.29) is 11.0 Å². The molecule has 5 nitrogen and oxygen atoms in total. The zero-order valence-electron chi connectivity index (χ0n) is 28.7. The number of hydrogen-bond acceptors (Lipinski definition) is 2. The molecule has 1 aliphatic carbocycles. The van der Waals surface area contributed by atoms with Crippen LogP contribution in [0.3, 0.4) is 0 Å². The zero-order chi connectivity index (χ0) is 35.1. The van der Waals surface area contributed by atoms with Crippen molar-refractivity contribution in [2.75, 3.05) is 0 Å². The van der Waals surface area contributed by atoms with E-state index in [4.69, 9.17) is 0 Å². The summed E-state index contributed by atoms with van der Waals surface area (Å²) in [5.41, 5.74) is 10.7. The Balaban J connectivity index is 1.18. The Morgan fingerprint density at radius 3 is 1.81 bits per heavy atom. The van der Waals surface area contributed by atoms with E-state index in [1.165, 1.54) is 20.9 Å². The monoisotopic (exact) mass is 671 g/mol. The molecule has 0 aliphatic heterocycles. The largest absolute Gasteiger partial charge is 0.340 e. The molecule has 52 heavy (non-hydrogen) atoms. The molecule has 2 aromatic heterocycles. The van der Waals surface area contributed by atoms with Gasteiger partial charge in [-0.15, -0.1) is 0 Å². The normalized spacial score (nSPS) is 13.1. The van der Waals surface area contributed by atoms with E-state index in [9.17, 15) is 9.59 Å². The van der Waals surface area contributed by atoms with Gasteiger partial charge in [0.1, 0.15) is 0 Å². The first-order valence-electron chi connectivity index (χ1n) is 17.6. The lowest BCUT2D eigenvalue weighted by molar-refractivity contribution is 0.660. The average Bonchev–Trinajstić information content (AvgIpc) is 3.65. The molecule has 0 saturated heterocycles. The third-order valence-corrected chi connectivity index (χ3v) is 10.9. The van der Waals surface area contributed by atoms with Crippen molar-refractivity contribution >= 4 is 32.7 Å². The van der Waals surface area contributed by atoms with Crippen molar-refractivity contribution in [1.29, 1.82) is 0 Å². The van der Waals surface area contributed by atoms with Gasteiger partial charge in [0, 0.05) is 27.4 Å². The van der Waals surface area contributed by atoms with E-state index in [2.05, 4.69) is 115 Å². The van der Waals surface area contributed by atoms with E-state index in [0.29, 0.717) is 22.3 Å². The fraction of sp³-hybridized carbons (Fsp3) is 0.0638. The Morgan fingerprint density at radius 2 is 1.02 bits per heavy atom. The molecule has 5 heteroatoms. The second kappa shape index (κ2) is 11.1. The van der Waals surface area contributed by atoms with Crippen molar-refractivity contribution in [1.82, 2.24) is 13.7 Å². The molecular weight excluding hydrogens is 639 g/mol. The van der Waals surface area contributed by atoms with Crippen molar-refractivity contribution < 1.29 is 0 Å². The highest BCUT2D eigenvalue weighted by molar-refractivity contribution is 6.15. The van der Waals surface area contributed by atoms with Gasteiger partial charge in [-0.05, 0) is 82.4 Å². The number of rotatable bonds is 4. The molecule has 1 aliphatic rings. The summed E-state index contributed by atoms with van der Waals surface area (Å²) in [5.74, 6) is 0. The van der Waals surface area contributed by atoms with Gasteiger partial charge in [-0.2, -0.15) is 0 Å². The number of nitrogens with zero attached hydrogens (tertiary/aromatic N) is 3. The summed E-state index contributed by atoms with van der Waals surface area (Å²) in [6, 6.07) is 55.2. The molecule has 9 aromatic rings. The van der Waals surface area contributed by atoms with Gasteiger partial charge in [0.05, 0.1) is 33.3 Å². The van der Waals surface area contributed by atoms with Crippen molar-refractivity contribution in [3.8, 4) is 39.3 Å². The molecule has 0 radical (unpaired) electrons. The van der Waals surface area contributed by atoms with Crippen LogP contribution in [-0.2, 0) is 5.41 Å². The lowest BCUT2D eigenvalue weighted by atomic mass is 9.82. The second-order valence-electron chi connectivity index (χ2n) is 14.1. The summed E-state index contributed by atoms with van der Waals surface area (Å²) in [6.07, 6.45) is 0. The smallest absolute Gasteiger partial charge is 0.309 e. The Bertz CT molecular complexity index is 3020. The second-order valence-corrected chi connectivity index (χ2v) is 14.1. The molecule has 0 atom stereocenters. The summed E-state index contributed by atoms with van der Waals surface area (Å²) < 4.78 is 5.36. The van der Waals surface area contributed by atoms with Crippen molar-refractivity contribution in [2.45, 2.75) is 19.3 Å². The molecule has 0 fully saturated rings. The van der Waals surface area contributed by atoms with Gasteiger partial charge < -0.3 is 4.57 Å². The van der Waals surface area contributed by atoms with Crippen LogP contribution in [0.2, 0.25) is 0 Å². The molecule has 0 bridgehead atoms. The highest BCUT2D eigenvalue weighted by Gasteiger charge is 2.37. The number of para-hydroxylation sites is 3. The highest BCUT2D eigenvalue weighted by Crippen LogP contribution is 2.50. The standard InChI is InChI=1S/C47H33N3O2/c1-47(2)37-20-9-6-16-34(37)44-38(47)21-13-25-42(44)50-45(51)36-18-8-11-23-40(36)49(46(50)52)32-28-26-30(27-29-32)33-19-12-24-41-43(33)35-17-7-10-22-39(35)48(41)31-14-4-3-5-15-31/h3-29H,1-2H3. The van der Waals surface area contributed by atoms with Gasteiger partial charge in [-0.25, -0.2) is 9.36 Å². The van der Waals surface area contributed by atoms with Crippen LogP contribution >= 0.6 is 0 Å². The summed E-state index contributed by atoms with van der Waals surface area (Å²) in [6.45, 7) is 4.40. The van der Waals surface area contributed by atoms with E-state index in [0.717, 1.165) is 44.5 Å². The summed E-state index contributed by atoms with van der Waals surface area (Å²) in [7, 11) is 0. The summed E-state index contributed by atoms with van der Waals surface area (Å²) in [5, 5.41) is 2.83. The molecule has 248 valence electrons. The van der Waals surface area contributed by atoms with Crippen LogP contribution in [0, 0.1) is 0 Å². The van der Waals surface area contributed by atoms with E-state index < -0.39 is 5.69 Å². The van der Waals surface area contributed by atoms with E-state index in [1.54, 1.807) is 4.57 Å². The zero-order valence-corrected chi connectivity index (χ0v) is 28.7. The third kappa shape index (κ3) is 4.17. The van der Waals surface area contributed by atoms with Crippen LogP contribution in [0.5, 0.6) is 0 Å². The predicted octanol–water partition coefficient (Wildman–Crippen LogP) is 10.2. The quantitative estimate of drug-likeness (QED) is 0.187. The number of fused-ring (bicyclic) bond motifs is 7. The van der Waals surface area contributed by atoms with Crippen LogP contribution in [-0.4, -0.2) is 13.7 Å². The van der Waals surface area contributed by atoms with Crippen LogP contribution in [0.4, 0.5) is 0 Å². The summed E-state index contributed by atoms with van der Waals surface area (Å²) in [4.78, 5) is 29.1. The Morgan fingerprint density at radius 1 is 0.442 bits per heavy atom. The minimum Gasteiger partial charge on any atom is -0.309 e. The van der Waals surface area contributed by atoms with Gasteiger partial charge in [0.2, 0.25) is 0 Å². The topological polar surface area (TPSA) is 48.9 Å². The molecule has 0 amide bonds. The molecular formula is C47H33N3O2. The number of hydrogen-bond donors (Lipinski definition) is 0. The molecule has 0 N–H and O–H groups in total. The van der Waals surface area contributed by atoms with Crippen LogP contribution in [0.15, 0.2) is 173 Å². The fourth-order valence-electron chi connectivity index (χ4n) is 8.55. The predicted molar refractivity (Wildman–Crippen MR) is 212 cm³/mol. The van der Waals surface area contributed by atoms with Crippen LogP contribution in [0.1, 0.15) is 25.0 Å². The summed E-state index contributed by atoms with van der Waals surface area (Å²) >= 11 is 0. The first-order valence-corrected chi connectivity index (χ1v) is 17.6. The Hall–Kier alpha value is -6.72. The van der Waals surface area contributed by atoms with Gasteiger partial charge >= 0.3 is 5.69 Å². The fourth-order valence-corrected chi connectivity index (χ4v) is 8.55. The van der Waals surface area contributed by atoms with Gasteiger partial charge in [-0.1, -0.05) is 123 Å². The lowest BCUT2D eigenvalue weighted by Crippen LogP contribution is -2.38. The maximum Gasteiger partial charge on any atom is 0.340 e. The van der Waals surface area contributed by atoms with Crippen LogP contribution in [0.25, 0.3) is 72.0 Å². The minimum atomic E-state index is -0.403. The van der Waals surface area contributed by atoms with Crippen LogP contribution < -0.4 is 11.2 Å². The van der Waals surface area contributed by atoms with Gasteiger partial charge in [0.15, 0.2) is 0 Å². The third-order valence-electron chi connectivity index (χ3n) is 10.9. The first-order chi connectivity index (χ1) is 25.4. The van der Waals surface area contributed by atoms with Crippen molar-refractivity contribution in [3.05, 3.63) is 196 Å². The average molecular weight is 672 g/mol. The number of aromatic nitrogens is 3. The molecule has 10 rings (SSSR count). The first kappa shape index (κ1) is 30.1. The van der Waals surface area contributed by atoms with Gasteiger partial charge in [-0.3, -0.25) is 9.36 Å². The van der Waals surface area contributed by atoms with E-state index >= 15 is 0 Å². The molecule has 2 heterocycles. The molecule has 0 unspecified atom stereocenters. The SMILES string of the molecule is CC1(C)c2ccccc2-c2c(-n3c(=O)c4ccccc4n(-c4ccc(-c5cccc6c5c5ccccc5n6-c5ccccc5)cc4)c3=O)cccc21.